The molecule has 0 aliphatic heterocycles. The highest BCUT2D eigenvalue weighted by Crippen LogP contribution is 2.15. The lowest BCUT2D eigenvalue weighted by Crippen LogP contribution is -2.46. The first-order chi connectivity index (χ1) is 14.4. The number of ether oxygens (including phenoxy) is 1. The van der Waals surface area contributed by atoms with E-state index >= 15 is 0 Å². The van der Waals surface area contributed by atoms with Gasteiger partial charge < -0.3 is 4.74 Å². The number of benzene rings is 1. The Morgan fingerprint density at radius 3 is 2.60 bits per heavy atom. The van der Waals surface area contributed by atoms with Gasteiger partial charge in [0.05, 0.1) is 0 Å². The van der Waals surface area contributed by atoms with Crippen LogP contribution in [-0.2, 0) is 20.7 Å². The van der Waals surface area contributed by atoms with Crippen LogP contribution in [-0.4, -0.2) is 43.5 Å². The quantitative estimate of drug-likeness (QED) is 0.459. The van der Waals surface area contributed by atoms with Crippen LogP contribution in [0.4, 0.5) is 0 Å². The maximum atomic E-state index is 12.2. The molecule has 2 amide bonds. The average Bonchev–Trinajstić information content (AvgIpc) is 3.20. The van der Waals surface area contributed by atoms with Crippen LogP contribution in [0.3, 0.4) is 0 Å². The molecule has 0 aliphatic carbocycles. The van der Waals surface area contributed by atoms with Crippen LogP contribution in [0.2, 0.25) is 0 Å². The second-order valence-corrected chi connectivity index (χ2v) is 6.67. The lowest BCUT2D eigenvalue weighted by Gasteiger charge is -2.15. The Labute approximate surface area is 172 Å². The minimum atomic E-state index is -1.06. The van der Waals surface area contributed by atoms with Crippen molar-refractivity contribution in [1.82, 2.24) is 30.4 Å². The SMILES string of the molecule is Cc1nc2ncnn2c(C)c1CCC(=O)O[C@@H](C)C(=O)NNC(=O)c1ccccc1. The molecule has 10 nitrogen and oxygen atoms in total. The molecule has 0 saturated heterocycles. The van der Waals surface area contributed by atoms with Crippen molar-refractivity contribution in [3.63, 3.8) is 0 Å². The van der Waals surface area contributed by atoms with E-state index in [1.165, 1.54) is 13.3 Å². The van der Waals surface area contributed by atoms with E-state index < -0.39 is 23.9 Å². The van der Waals surface area contributed by atoms with Crippen LogP contribution in [0.1, 0.15) is 40.7 Å². The van der Waals surface area contributed by atoms with E-state index in [1.54, 1.807) is 34.8 Å². The molecule has 10 heteroatoms. The number of hydrogen-bond donors (Lipinski definition) is 2. The predicted octanol–water partition coefficient (Wildman–Crippen LogP) is 1.07. The van der Waals surface area contributed by atoms with Crippen LogP contribution >= 0.6 is 0 Å². The minimum Gasteiger partial charge on any atom is -0.452 e. The molecule has 0 aliphatic rings. The number of nitrogens with one attached hydrogen (secondary N) is 2. The minimum absolute atomic E-state index is 0.0670. The third kappa shape index (κ3) is 4.77. The maximum absolute atomic E-state index is 12.2. The van der Waals surface area contributed by atoms with Crippen molar-refractivity contribution in [3.05, 3.63) is 59.2 Å². The lowest BCUT2D eigenvalue weighted by molar-refractivity contribution is -0.155. The van der Waals surface area contributed by atoms with E-state index in [-0.39, 0.29) is 6.42 Å². The van der Waals surface area contributed by atoms with Gasteiger partial charge in [0.15, 0.2) is 6.10 Å². The van der Waals surface area contributed by atoms with Gasteiger partial charge in [-0.1, -0.05) is 18.2 Å². The molecule has 2 N–H and O–H groups in total. The fourth-order valence-corrected chi connectivity index (χ4v) is 2.94. The van der Waals surface area contributed by atoms with Crippen molar-refractivity contribution in [3.8, 4) is 0 Å². The van der Waals surface area contributed by atoms with Gasteiger partial charge in [0.25, 0.3) is 17.6 Å². The summed E-state index contributed by atoms with van der Waals surface area (Å²) >= 11 is 0. The average molecular weight is 410 g/mol. The van der Waals surface area contributed by atoms with Crippen molar-refractivity contribution in [2.75, 3.05) is 0 Å². The number of carbonyl (C=O) groups excluding carboxylic acids is 3. The van der Waals surface area contributed by atoms with Gasteiger partial charge in [-0.3, -0.25) is 25.2 Å². The summed E-state index contributed by atoms with van der Waals surface area (Å²) in [5.74, 6) is -1.14. The topological polar surface area (TPSA) is 128 Å². The molecular weight excluding hydrogens is 388 g/mol. The van der Waals surface area contributed by atoms with Gasteiger partial charge in [0.1, 0.15) is 6.33 Å². The second kappa shape index (κ2) is 9.12. The molecule has 1 atom stereocenters. The van der Waals surface area contributed by atoms with Gasteiger partial charge in [0.2, 0.25) is 0 Å². The molecule has 0 radical (unpaired) electrons. The summed E-state index contributed by atoms with van der Waals surface area (Å²) in [5.41, 5.74) is 7.41. The number of rotatable bonds is 6. The number of hydrogen-bond acceptors (Lipinski definition) is 7. The Bertz CT molecular complexity index is 1080. The molecule has 156 valence electrons. The summed E-state index contributed by atoms with van der Waals surface area (Å²) in [4.78, 5) is 44.6. The number of amides is 2. The first-order valence-corrected chi connectivity index (χ1v) is 9.37. The molecule has 3 rings (SSSR count). The van der Waals surface area contributed by atoms with Gasteiger partial charge >= 0.3 is 5.97 Å². The molecule has 0 unspecified atom stereocenters. The van der Waals surface area contributed by atoms with Crippen LogP contribution < -0.4 is 10.9 Å². The van der Waals surface area contributed by atoms with E-state index in [0.29, 0.717) is 17.8 Å². The van der Waals surface area contributed by atoms with E-state index in [4.69, 9.17) is 4.74 Å². The van der Waals surface area contributed by atoms with Crippen LogP contribution in [0.25, 0.3) is 5.78 Å². The van der Waals surface area contributed by atoms with Crippen LogP contribution in [0.5, 0.6) is 0 Å². The van der Waals surface area contributed by atoms with Gasteiger partial charge in [-0.2, -0.15) is 10.1 Å². The number of nitrogens with zero attached hydrogens (tertiary/aromatic N) is 4. The Morgan fingerprint density at radius 1 is 1.13 bits per heavy atom. The largest absolute Gasteiger partial charge is 0.452 e. The number of aryl methyl sites for hydroxylation is 2. The highest BCUT2D eigenvalue weighted by molar-refractivity contribution is 5.95. The highest BCUT2D eigenvalue weighted by Gasteiger charge is 2.19. The van der Waals surface area contributed by atoms with E-state index in [2.05, 4.69) is 25.9 Å². The monoisotopic (exact) mass is 410 g/mol. The zero-order valence-corrected chi connectivity index (χ0v) is 16.9. The van der Waals surface area contributed by atoms with Gasteiger partial charge in [-0.15, -0.1) is 0 Å². The summed E-state index contributed by atoms with van der Waals surface area (Å²) < 4.78 is 6.78. The summed E-state index contributed by atoms with van der Waals surface area (Å²) in [6.07, 6.45) is 0.811. The summed E-state index contributed by atoms with van der Waals surface area (Å²) in [5, 5.41) is 4.11. The Hall–Kier alpha value is -3.82. The third-order valence-corrected chi connectivity index (χ3v) is 4.58. The highest BCUT2D eigenvalue weighted by atomic mass is 16.5. The van der Waals surface area contributed by atoms with E-state index in [1.807, 2.05) is 13.8 Å². The molecule has 0 fully saturated rings. The molecule has 0 bridgehead atoms. The normalized spacial score (nSPS) is 11.7. The number of hydrazine groups is 1. The Kier molecular flexibility index (Phi) is 6.35. The molecule has 0 spiro atoms. The maximum Gasteiger partial charge on any atom is 0.306 e. The van der Waals surface area contributed by atoms with E-state index in [0.717, 1.165) is 17.0 Å². The molecule has 30 heavy (non-hydrogen) atoms. The second-order valence-electron chi connectivity index (χ2n) is 6.67. The molecule has 2 aromatic heterocycles. The standard InChI is InChI=1S/C20H22N6O4/c1-12-16(13(2)26-20(23-12)21-11-22-26)9-10-17(27)30-14(3)18(28)24-25-19(29)15-7-5-4-6-8-15/h4-8,11,14H,9-10H2,1-3H3,(H,24,28)(H,25,29)/t14-/m0/s1. The van der Waals surface area contributed by atoms with E-state index in [9.17, 15) is 14.4 Å². The zero-order chi connectivity index (χ0) is 21.7. The summed E-state index contributed by atoms with van der Waals surface area (Å²) in [7, 11) is 0. The summed E-state index contributed by atoms with van der Waals surface area (Å²) in [6.45, 7) is 5.15. The van der Waals surface area contributed by atoms with Crippen LogP contribution in [0.15, 0.2) is 36.7 Å². The van der Waals surface area contributed by atoms with Crippen LogP contribution in [0, 0.1) is 13.8 Å². The summed E-state index contributed by atoms with van der Waals surface area (Å²) in [6, 6.07) is 8.42. The van der Waals surface area contributed by atoms with Gasteiger partial charge in [-0.05, 0) is 44.9 Å². The smallest absolute Gasteiger partial charge is 0.306 e. The number of esters is 1. The number of carbonyl (C=O) groups is 3. The molecular formula is C20H22N6O4. The molecule has 0 saturated carbocycles. The predicted molar refractivity (Wildman–Crippen MR) is 106 cm³/mol. The first-order valence-electron chi connectivity index (χ1n) is 9.37. The fourth-order valence-electron chi connectivity index (χ4n) is 2.94. The molecule has 3 aromatic rings. The van der Waals surface area contributed by atoms with Crippen molar-refractivity contribution < 1.29 is 19.1 Å². The Balaban J connectivity index is 1.50. The van der Waals surface area contributed by atoms with Gasteiger partial charge in [0, 0.05) is 23.4 Å². The van der Waals surface area contributed by atoms with Crippen molar-refractivity contribution in [2.45, 2.75) is 39.7 Å². The fraction of sp³-hybridized carbons (Fsp3) is 0.300. The van der Waals surface area contributed by atoms with Crippen molar-refractivity contribution >= 4 is 23.6 Å². The molecule has 2 heterocycles. The van der Waals surface area contributed by atoms with Gasteiger partial charge in [-0.25, -0.2) is 9.50 Å². The zero-order valence-electron chi connectivity index (χ0n) is 16.9. The number of aromatic nitrogens is 4. The Morgan fingerprint density at radius 2 is 1.87 bits per heavy atom. The number of fused-ring (bicyclic) bond motifs is 1. The van der Waals surface area contributed by atoms with Crippen molar-refractivity contribution in [1.29, 1.82) is 0 Å². The molecule has 1 aromatic carbocycles. The third-order valence-electron chi connectivity index (χ3n) is 4.58. The first kappa shape index (κ1) is 20.9. The van der Waals surface area contributed by atoms with Crippen molar-refractivity contribution in [2.24, 2.45) is 0 Å². The lowest BCUT2D eigenvalue weighted by atomic mass is 10.1.